The van der Waals surface area contributed by atoms with Gasteiger partial charge in [-0.3, -0.25) is 0 Å². The van der Waals surface area contributed by atoms with E-state index in [-0.39, 0.29) is 11.6 Å². The van der Waals surface area contributed by atoms with Gasteiger partial charge in [-0.05, 0) is 0 Å². The highest BCUT2D eigenvalue weighted by Gasteiger charge is 2.37. The van der Waals surface area contributed by atoms with Gasteiger partial charge < -0.3 is 4.74 Å². The first-order chi connectivity index (χ1) is 6.09. The van der Waals surface area contributed by atoms with Crippen LogP contribution in [0.25, 0.3) is 0 Å². The normalized spacial score (nSPS) is 28.1. The van der Waals surface area contributed by atoms with E-state index < -0.39 is 0 Å². The molecule has 0 amide bonds. The van der Waals surface area contributed by atoms with Gasteiger partial charge in [0.1, 0.15) is 13.2 Å². The molecule has 0 saturated carbocycles. The van der Waals surface area contributed by atoms with Crippen molar-refractivity contribution in [3.8, 4) is 0 Å². The van der Waals surface area contributed by atoms with Crippen molar-refractivity contribution in [1.82, 2.24) is 0 Å². The lowest BCUT2D eigenvalue weighted by Gasteiger charge is -2.20. The average molecular weight is 181 g/mol. The zero-order valence-electron chi connectivity index (χ0n) is 8.58. The molecule has 0 bridgehead atoms. The van der Waals surface area contributed by atoms with E-state index in [9.17, 15) is 0 Å². The predicted octanol–water partition coefficient (Wildman–Crippen LogP) is 0.927. The summed E-state index contributed by atoms with van der Waals surface area (Å²) in [5, 5.41) is 0. The third-order valence-electron chi connectivity index (χ3n) is 2.55. The number of nitrogens with zero attached hydrogens (tertiary/aromatic N) is 2. The molecule has 1 fully saturated rings. The molecular formula is C10H17N2O+. The van der Waals surface area contributed by atoms with Crippen molar-refractivity contribution in [2.75, 3.05) is 19.8 Å². The summed E-state index contributed by atoms with van der Waals surface area (Å²) in [7, 11) is 0. The van der Waals surface area contributed by atoms with Gasteiger partial charge in [-0.1, -0.05) is 20.8 Å². The first kappa shape index (κ1) is 8.88. The van der Waals surface area contributed by atoms with E-state index in [1.807, 2.05) is 6.21 Å². The smallest absolute Gasteiger partial charge is 0.269 e. The summed E-state index contributed by atoms with van der Waals surface area (Å²) in [4.78, 5) is 4.44. The first-order valence-electron chi connectivity index (χ1n) is 4.84. The van der Waals surface area contributed by atoms with Crippen molar-refractivity contribution in [3.63, 3.8) is 0 Å². The van der Waals surface area contributed by atoms with Crippen molar-refractivity contribution < 1.29 is 9.31 Å². The number of ether oxygens (including phenoxy) is 1. The van der Waals surface area contributed by atoms with Gasteiger partial charge in [0.2, 0.25) is 5.71 Å². The van der Waals surface area contributed by atoms with E-state index in [1.54, 1.807) is 0 Å². The molecule has 2 aliphatic heterocycles. The Bertz CT molecular complexity index is 273. The fraction of sp³-hybridized carbons (Fsp3) is 0.800. The summed E-state index contributed by atoms with van der Waals surface area (Å²) < 4.78 is 7.74. The van der Waals surface area contributed by atoms with Crippen LogP contribution in [-0.4, -0.2) is 42.4 Å². The van der Waals surface area contributed by atoms with Crippen LogP contribution in [0.5, 0.6) is 0 Å². The number of hydrogen-bond donors (Lipinski definition) is 0. The van der Waals surface area contributed by atoms with Crippen LogP contribution in [-0.2, 0) is 4.74 Å². The predicted molar refractivity (Wildman–Crippen MR) is 52.7 cm³/mol. The summed E-state index contributed by atoms with van der Waals surface area (Å²) in [6, 6.07) is 0. The van der Waals surface area contributed by atoms with Crippen LogP contribution in [0, 0.1) is 5.41 Å². The minimum Gasteiger partial charge on any atom is -0.366 e. The molecule has 0 aromatic heterocycles. The number of rotatable bonds is 0. The van der Waals surface area contributed by atoms with Crippen LogP contribution in [0.3, 0.4) is 0 Å². The van der Waals surface area contributed by atoms with Gasteiger partial charge in [0.25, 0.3) is 6.17 Å². The number of aliphatic imine (C=N–C) groups is 1. The van der Waals surface area contributed by atoms with Crippen LogP contribution in [0.4, 0.5) is 0 Å². The lowest BCUT2D eigenvalue weighted by atomic mass is 9.90. The molecule has 3 heteroatoms. The lowest BCUT2D eigenvalue weighted by Crippen LogP contribution is -2.40. The Morgan fingerprint density at radius 2 is 2.31 bits per heavy atom. The Balaban J connectivity index is 2.31. The van der Waals surface area contributed by atoms with Crippen LogP contribution < -0.4 is 0 Å². The van der Waals surface area contributed by atoms with E-state index in [0.29, 0.717) is 0 Å². The van der Waals surface area contributed by atoms with E-state index in [2.05, 4.69) is 30.3 Å². The molecule has 2 heterocycles. The van der Waals surface area contributed by atoms with Crippen molar-refractivity contribution >= 4 is 11.9 Å². The highest BCUT2D eigenvalue weighted by atomic mass is 16.5. The molecule has 2 aliphatic rings. The largest absolute Gasteiger partial charge is 0.366 e. The monoisotopic (exact) mass is 181 g/mol. The molecule has 0 aromatic carbocycles. The maximum Gasteiger partial charge on any atom is 0.269 e. The molecule has 0 spiro atoms. The Morgan fingerprint density at radius 3 is 3.00 bits per heavy atom. The highest BCUT2D eigenvalue weighted by Crippen LogP contribution is 2.20. The Kier molecular flexibility index (Phi) is 1.99. The van der Waals surface area contributed by atoms with Crippen LogP contribution in [0.15, 0.2) is 4.99 Å². The third kappa shape index (κ3) is 1.53. The van der Waals surface area contributed by atoms with Gasteiger partial charge in [-0.15, -0.1) is 0 Å². The fourth-order valence-corrected chi connectivity index (χ4v) is 1.85. The average Bonchev–Trinajstić information content (AvgIpc) is 2.45. The molecule has 1 saturated heterocycles. The molecule has 0 radical (unpaired) electrons. The molecular weight excluding hydrogens is 164 g/mol. The van der Waals surface area contributed by atoms with Crippen molar-refractivity contribution in [1.29, 1.82) is 0 Å². The van der Waals surface area contributed by atoms with Gasteiger partial charge in [0.05, 0.1) is 6.21 Å². The molecule has 13 heavy (non-hydrogen) atoms. The van der Waals surface area contributed by atoms with Gasteiger partial charge in [0, 0.05) is 5.41 Å². The van der Waals surface area contributed by atoms with Crippen molar-refractivity contribution in [2.45, 2.75) is 26.9 Å². The summed E-state index contributed by atoms with van der Waals surface area (Å²) in [5.41, 5.74) is 1.55. The number of fused-ring (bicyclic) bond motifs is 1. The van der Waals surface area contributed by atoms with Crippen LogP contribution >= 0.6 is 0 Å². The Hall–Kier alpha value is -0.700. The number of hydrogen-bond acceptors (Lipinski definition) is 2. The summed E-state index contributed by atoms with van der Waals surface area (Å²) >= 11 is 0. The second kappa shape index (κ2) is 2.91. The van der Waals surface area contributed by atoms with E-state index >= 15 is 0 Å². The Morgan fingerprint density at radius 1 is 1.54 bits per heavy atom. The molecule has 0 aliphatic carbocycles. The molecule has 1 atom stereocenters. The SMILES string of the molecule is CC(C)(C)C1=[N+]2CCOCC2N=C1. The zero-order chi connectivity index (χ0) is 9.47. The quantitative estimate of drug-likeness (QED) is 0.510. The van der Waals surface area contributed by atoms with Gasteiger partial charge >= 0.3 is 0 Å². The summed E-state index contributed by atoms with van der Waals surface area (Å²) in [6.45, 7) is 9.25. The number of morpholine rings is 1. The summed E-state index contributed by atoms with van der Waals surface area (Å²) in [6.07, 6.45) is 2.27. The van der Waals surface area contributed by atoms with E-state index in [0.717, 1.165) is 19.8 Å². The van der Waals surface area contributed by atoms with Gasteiger partial charge in [-0.25, -0.2) is 9.57 Å². The van der Waals surface area contributed by atoms with E-state index in [1.165, 1.54) is 5.71 Å². The molecule has 0 N–H and O–H groups in total. The topological polar surface area (TPSA) is 24.6 Å². The minimum atomic E-state index is 0.204. The molecule has 3 nitrogen and oxygen atoms in total. The van der Waals surface area contributed by atoms with Gasteiger partial charge in [-0.2, -0.15) is 0 Å². The highest BCUT2D eigenvalue weighted by molar-refractivity contribution is 6.31. The van der Waals surface area contributed by atoms with E-state index in [4.69, 9.17) is 4.74 Å². The molecule has 1 unspecified atom stereocenters. The van der Waals surface area contributed by atoms with Crippen LogP contribution in [0.2, 0.25) is 0 Å². The first-order valence-corrected chi connectivity index (χ1v) is 4.84. The second-order valence-corrected chi connectivity index (χ2v) is 4.66. The third-order valence-corrected chi connectivity index (χ3v) is 2.55. The maximum atomic E-state index is 5.38. The van der Waals surface area contributed by atoms with Crippen molar-refractivity contribution in [2.24, 2.45) is 10.4 Å². The van der Waals surface area contributed by atoms with Crippen molar-refractivity contribution in [3.05, 3.63) is 0 Å². The van der Waals surface area contributed by atoms with Gasteiger partial charge in [0.15, 0.2) is 6.54 Å². The maximum absolute atomic E-state index is 5.38. The molecule has 2 rings (SSSR count). The lowest BCUT2D eigenvalue weighted by molar-refractivity contribution is -0.583. The molecule has 72 valence electrons. The van der Waals surface area contributed by atoms with Crippen LogP contribution in [0.1, 0.15) is 20.8 Å². The Labute approximate surface area is 79.1 Å². The fourth-order valence-electron chi connectivity index (χ4n) is 1.85. The summed E-state index contributed by atoms with van der Waals surface area (Å²) in [5.74, 6) is 0. The minimum absolute atomic E-state index is 0.204. The second-order valence-electron chi connectivity index (χ2n) is 4.66. The standard InChI is InChI=1S/C10H17N2O/c1-10(2,3)8-6-11-9-7-13-5-4-12(8)9/h6,9H,4-5,7H2,1-3H3/q+1. The zero-order valence-corrected chi connectivity index (χ0v) is 8.58. The molecule has 0 aromatic rings.